The summed E-state index contributed by atoms with van der Waals surface area (Å²) in [5.41, 5.74) is 0.633. The van der Waals surface area contributed by atoms with Crippen molar-refractivity contribution in [2.24, 2.45) is 0 Å². The molecule has 0 aliphatic carbocycles. The van der Waals surface area contributed by atoms with Crippen molar-refractivity contribution in [3.8, 4) is 6.01 Å². The first-order valence-corrected chi connectivity index (χ1v) is 9.68. The summed E-state index contributed by atoms with van der Waals surface area (Å²) in [7, 11) is 0. The van der Waals surface area contributed by atoms with Crippen molar-refractivity contribution in [1.82, 2.24) is 24.6 Å². The van der Waals surface area contributed by atoms with Crippen LogP contribution in [-0.2, 0) is 22.6 Å². The molecule has 4 heterocycles. The molecule has 30 heavy (non-hydrogen) atoms. The molecule has 0 radical (unpaired) electrons. The summed E-state index contributed by atoms with van der Waals surface area (Å²) in [6.07, 6.45) is 2.01. The molecule has 1 saturated heterocycles. The first-order chi connectivity index (χ1) is 14.2. The smallest absolute Gasteiger partial charge is 0.410 e. The normalized spacial score (nSPS) is 21.5. The van der Waals surface area contributed by atoms with Crippen molar-refractivity contribution < 1.29 is 24.2 Å². The summed E-state index contributed by atoms with van der Waals surface area (Å²) < 4.78 is 12.8. The highest BCUT2D eigenvalue weighted by molar-refractivity contribution is 6.00. The van der Waals surface area contributed by atoms with Crippen LogP contribution in [-0.4, -0.2) is 72.7 Å². The number of rotatable bonds is 3. The second-order valence-electron chi connectivity index (χ2n) is 8.18. The molecule has 0 unspecified atom stereocenters. The Hall–Kier alpha value is -3.21. The molecular weight excluding hydrogens is 392 g/mol. The van der Waals surface area contributed by atoms with E-state index >= 15 is 0 Å². The molecule has 2 aliphatic heterocycles. The summed E-state index contributed by atoms with van der Waals surface area (Å²) in [4.78, 5) is 36.1. The fourth-order valence-electron chi connectivity index (χ4n) is 3.43. The first kappa shape index (κ1) is 20.1. The van der Waals surface area contributed by atoms with Gasteiger partial charge in [0.1, 0.15) is 5.60 Å². The summed E-state index contributed by atoms with van der Waals surface area (Å²) in [6, 6.07) is 1.73. The van der Waals surface area contributed by atoms with Crippen molar-refractivity contribution in [3.63, 3.8) is 0 Å². The van der Waals surface area contributed by atoms with Gasteiger partial charge in [0.25, 0.3) is 5.91 Å². The van der Waals surface area contributed by atoms with Gasteiger partial charge in [0.05, 0.1) is 37.2 Å². The number of amides is 2. The maximum Gasteiger partial charge on any atom is 0.410 e. The van der Waals surface area contributed by atoms with Gasteiger partial charge in [-0.15, -0.1) is 0 Å². The fourth-order valence-corrected chi connectivity index (χ4v) is 3.43. The predicted molar refractivity (Wildman–Crippen MR) is 104 cm³/mol. The van der Waals surface area contributed by atoms with E-state index in [-0.39, 0.29) is 19.1 Å². The summed E-state index contributed by atoms with van der Waals surface area (Å²) >= 11 is 0. The van der Waals surface area contributed by atoms with E-state index in [1.54, 1.807) is 21.8 Å². The van der Waals surface area contributed by atoms with Crippen LogP contribution >= 0.6 is 0 Å². The van der Waals surface area contributed by atoms with Gasteiger partial charge in [-0.25, -0.2) is 14.8 Å². The predicted octanol–water partition coefficient (Wildman–Crippen LogP) is 0.579. The number of carbonyl (C=O) groups excluding carboxylic acids is 2. The van der Waals surface area contributed by atoms with E-state index in [9.17, 15) is 14.7 Å². The van der Waals surface area contributed by atoms with Crippen LogP contribution in [0.15, 0.2) is 24.7 Å². The number of carbonyl (C=O) groups is 2. The third kappa shape index (κ3) is 3.92. The molecule has 0 saturated carbocycles. The van der Waals surface area contributed by atoms with Gasteiger partial charge in [-0.2, -0.15) is 5.10 Å². The minimum absolute atomic E-state index is 0.0873. The van der Waals surface area contributed by atoms with E-state index in [2.05, 4.69) is 15.1 Å². The van der Waals surface area contributed by atoms with Gasteiger partial charge in [0.15, 0.2) is 12.2 Å². The molecule has 0 spiro atoms. The van der Waals surface area contributed by atoms with Crippen LogP contribution in [0.1, 0.15) is 26.5 Å². The molecule has 2 aliphatic rings. The third-order valence-electron chi connectivity index (χ3n) is 4.82. The third-order valence-corrected chi connectivity index (χ3v) is 4.82. The highest BCUT2D eigenvalue weighted by Gasteiger charge is 2.44. The Balaban J connectivity index is 1.51. The topological polar surface area (TPSA) is 123 Å². The van der Waals surface area contributed by atoms with Crippen LogP contribution in [0.3, 0.4) is 0 Å². The van der Waals surface area contributed by atoms with E-state index in [1.165, 1.54) is 17.3 Å². The number of fused-ring (bicyclic) bond motifs is 1. The van der Waals surface area contributed by atoms with Gasteiger partial charge >= 0.3 is 12.1 Å². The molecule has 2 aromatic heterocycles. The zero-order chi connectivity index (χ0) is 21.5. The van der Waals surface area contributed by atoms with Crippen LogP contribution in [0.4, 0.5) is 10.5 Å². The first-order valence-electron chi connectivity index (χ1n) is 9.68. The Morgan fingerprint density at radius 1 is 1.23 bits per heavy atom. The van der Waals surface area contributed by atoms with Gasteiger partial charge in [-0.3, -0.25) is 9.48 Å². The van der Waals surface area contributed by atoms with Crippen LogP contribution in [0.2, 0.25) is 0 Å². The molecule has 11 heteroatoms. The molecule has 1 N–H and O–H groups in total. The van der Waals surface area contributed by atoms with Crippen molar-refractivity contribution in [3.05, 3.63) is 30.4 Å². The molecule has 2 amide bonds. The van der Waals surface area contributed by atoms with Crippen LogP contribution in [0.25, 0.3) is 0 Å². The van der Waals surface area contributed by atoms with Crippen LogP contribution in [0.5, 0.6) is 6.01 Å². The lowest BCUT2D eigenvalue weighted by atomic mass is 10.2. The molecule has 0 bridgehead atoms. The van der Waals surface area contributed by atoms with Gasteiger partial charge < -0.3 is 24.4 Å². The number of nitrogens with zero attached hydrogens (tertiary/aromatic N) is 6. The average Bonchev–Trinajstić information content (AvgIpc) is 3.23. The van der Waals surface area contributed by atoms with E-state index in [0.717, 1.165) is 0 Å². The lowest BCUT2D eigenvalue weighted by Gasteiger charge is -2.31. The largest absolute Gasteiger partial charge is 0.455 e. The monoisotopic (exact) mass is 416 g/mol. The molecule has 4 rings (SSSR count). The fraction of sp³-hybridized carbons (Fsp3) is 0.526. The Bertz CT molecular complexity index is 941. The number of aliphatic hydroxyl groups excluding tert-OH is 1. The number of ether oxygens (including phenoxy) is 2. The SMILES string of the molecule is CC(C)(C)OC(=O)N1CCn2ncc(N3C[C@@H](Oc4ncccn4)[C@H](O)C3=O)c2C1. The summed E-state index contributed by atoms with van der Waals surface area (Å²) in [6.45, 7) is 6.73. The van der Waals surface area contributed by atoms with E-state index in [1.807, 2.05) is 20.8 Å². The van der Waals surface area contributed by atoms with Gasteiger partial charge in [0.2, 0.25) is 0 Å². The Labute approximate surface area is 173 Å². The number of anilines is 1. The quantitative estimate of drug-likeness (QED) is 0.771. The highest BCUT2D eigenvalue weighted by atomic mass is 16.6. The van der Waals surface area contributed by atoms with Gasteiger partial charge in [-0.05, 0) is 26.8 Å². The van der Waals surface area contributed by atoms with Crippen LogP contribution in [0, 0.1) is 0 Å². The van der Waals surface area contributed by atoms with E-state index in [4.69, 9.17) is 9.47 Å². The average molecular weight is 416 g/mol. The molecular formula is C19H24N6O5. The Morgan fingerprint density at radius 2 is 1.97 bits per heavy atom. The Kier molecular flexibility index (Phi) is 5.06. The number of hydrogen-bond donors (Lipinski definition) is 1. The standard InChI is InChI=1S/C19H24N6O5/c1-19(2,3)30-18(28)23-7-8-25-13(10-23)12(9-22-25)24-11-14(15(26)16(24)27)29-17-20-5-4-6-21-17/h4-6,9,14-15,26H,7-8,10-11H2,1-3H3/t14-,15+/m1/s1. The molecule has 0 aromatic carbocycles. The molecule has 2 atom stereocenters. The summed E-state index contributed by atoms with van der Waals surface area (Å²) in [5, 5.41) is 14.7. The molecule has 11 nitrogen and oxygen atoms in total. The van der Waals surface area contributed by atoms with Crippen LogP contribution < -0.4 is 9.64 Å². The second kappa shape index (κ2) is 7.56. The minimum atomic E-state index is -1.35. The maximum absolute atomic E-state index is 12.7. The second-order valence-corrected chi connectivity index (χ2v) is 8.18. The minimum Gasteiger partial charge on any atom is -0.455 e. The Morgan fingerprint density at radius 3 is 2.67 bits per heavy atom. The maximum atomic E-state index is 12.7. The van der Waals surface area contributed by atoms with E-state index in [0.29, 0.717) is 24.5 Å². The highest BCUT2D eigenvalue weighted by Crippen LogP contribution is 2.30. The van der Waals surface area contributed by atoms with Crippen molar-refractivity contribution in [2.45, 2.75) is 51.7 Å². The zero-order valence-corrected chi connectivity index (χ0v) is 17.1. The molecule has 2 aromatic rings. The lowest BCUT2D eigenvalue weighted by Crippen LogP contribution is -2.42. The number of hydrogen-bond acceptors (Lipinski definition) is 8. The van der Waals surface area contributed by atoms with Crippen molar-refractivity contribution >= 4 is 17.7 Å². The van der Waals surface area contributed by atoms with Gasteiger partial charge in [-0.1, -0.05) is 0 Å². The number of aliphatic hydroxyl groups is 1. The zero-order valence-electron chi connectivity index (χ0n) is 17.1. The summed E-state index contributed by atoms with van der Waals surface area (Å²) in [5.74, 6) is -0.499. The van der Waals surface area contributed by atoms with Gasteiger partial charge in [0, 0.05) is 18.9 Å². The lowest BCUT2D eigenvalue weighted by molar-refractivity contribution is -0.126. The van der Waals surface area contributed by atoms with E-state index < -0.39 is 29.8 Å². The molecule has 1 fully saturated rings. The van der Waals surface area contributed by atoms with Crippen molar-refractivity contribution in [2.75, 3.05) is 18.0 Å². The number of aromatic nitrogens is 4. The van der Waals surface area contributed by atoms with Crippen molar-refractivity contribution in [1.29, 1.82) is 0 Å². The molecule has 160 valence electrons.